The van der Waals surface area contributed by atoms with Crippen LogP contribution in [0.2, 0.25) is 0 Å². The summed E-state index contributed by atoms with van der Waals surface area (Å²) >= 11 is 0. The maximum atomic E-state index is 12.6. The molecule has 1 aromatic carbocycles. The lowest BCUT2D eigenvalue weighted by Crippen LogP contribution is -2.40. The predicted molar refractivity (Wildman–Crippen MR) is 105 cm³/mol. The van der Waals surface area contributed by atoms with Crippen molar-refractivity contribution in [1.82, 2.24) is 15.2 Å². The van der Waals surface area contributed by atoms with Gasteiger partial charge in [0.2, 0.25) is 5.91 Å². The van der Waals surface area contributed by atoms with Crippen molar-refractivity contribution in [3.05, 3.63) is 66.2 Å². The highest BCUT2D eigenvalue weighted by Gasteiger charge is 2.25. The molecule has 3 heterocycles. The van der Waals surface area contributed by atoms with Gasteiger partial charge in [-0.05, 0) is 49.7 Å². The summed E-state index contributed by atoms with van der Waals surface area (Å²) in [6.07, 6.45) is 7.49. The Morgan fingerprint density at radius 2 is 1.96 bits per heavy atom. The second-order valence-electron chi connectivity index (χ2n) is 7.10. The lowest BCUT2D eigenvalue weighted by atomic mass is 10.1. The first-order chi connectivity index (χ1) is 13.3. The van der Waals surface area contributed by atoms with Crippen LogP contribution >= 0.6 is 0 Å². The van der Waals surface area contributed by atoms with Crippen LogP contribution < -0.4 is 5.32 Å². The van der Waals surface area contributed by atoms with Crippen molar-refractivity contribution < 1.29 is 9.21 Å². The van der Waals surface area contributed by atoms with Crippen molar-refractivity contribution in [2.24, 2.45) is 0 Å². The van der Waals surface area contributed by atoms with Crippen LogP contribution in [0.1, 0.15) is 36.6 Å². The van der Waals surface area contributed by atoms with E-state index in [0.29, 0.717) is 13.0 Å². The quantitative estimate of drug-likeness (QED) is 0.725. The molecule has 3 aromatic rings. The van der Waals surface area contributed by atoms with Crippen LogP contribution in [0.25, 0.3) is 10.9 Å². The molecule has 1 fully saturated rings. The number of aromatic nitrogens is 1. The largest absolute Gasteiger partial charge is 0.468 e. The molecule has 1 aliphatic heterocycles. The van der Waals surface area contributed by atoms with Crippen LogP contribution in [0.4, 0.5) is 0 Å². The van der Waals surface area contributed by atoms with E-state index < -0.39 is 0 Å². The molecule has 0 bridgehead atoms. The highest BCUT2D eigenvalue weighted by Crippen LogP contribution is 2.24. The first-order valence-electron chi connectivity index (χ1n) is 9.68. The van der Waals surface area contributed by atoms with E-state index in [9.17, 15) is 4.79 Å². The molecule has 0 saturated carbocycles. The van der Waals surface area contributed by atoms with Crippen molar-refractivity contribution in [3.8, 4) is 0 Å². The Bertz CT molecular complexity index is 880. The molecule has 1 aliphatic rings. The average molecular weight is 363 g/mol. The molecule has 0 spiro atoms. The summed E-state index contributed by atoms with van der Waals surface area (Å²) in [5, 5.41) is 4.17. The summed E-state index contributed by atoms with van der Waals surface area (Å²) in [5.41, 5.74) is 1.85. The third-order valence-electron chi connectivity index (χ3n) is 5.26. The number of benzene rings is 1. The molecule has 2 aromatic heterocycles. The number of pyridine rings is 1. The number of amides is 1. The molecule has 1 amide bonds. The van der Waals surface area contributed by atoms with Gasteiger partial charge in [0.15, 0.2) is 0 Å². The second kappa shape index (κ2) is 8.35. The smallest absolute Gasteiger partial charge is 0.224 e. The number of fused-ring (bicyclic) bond motifs is 1. The third-order valence-corrected chi connectivity index (χ3v) is 5.26. The molecular formula is C22H25N3O2. The van der Waals surface area contributed by atoms with Crippen molar-refractivity contribution >= 4 is 16.8 Å². The maximum Gasteiger partial charge on any atom is 0.224 e. The van der Waals surface area contributed by atoms with Gasteiger partial charge in [-0.2, -0.15) is 0 Å². The van der Waals surface area contributed by atoms with Crippen molar-refractivity contribution in [3.63, 3.8) is 0 Å². The van der Waals surface area contributed by atoms with Gasteiger partial charge >= 0.3 is 0 Å². The fourth-order valence-electron chi connectivity index (χ4n) is 3.88. The van der Waals surface area contributed by atoms with Crippen molar-refractivity contribution in [1.29, 1.82) is 0 Å². The Morgan fingerprint density at radius 1 is 1.11 bits per heavy atom. The summed E-state index contributed by atoms with van der Waals surface area (Å²) in [5.74, 6) is 0.936. The Kier molecular flexibility index (Phi) is 5.49. The Hall–Kier alpha value is -2.66. The standard InChI is InChI=1S/C22H25N3O2/c26-21(15-18-8-4-7-17-9-5-11-23-22(17)18)24-16-19(20-10-6-14-27-20)25-12-2-1-3-13-25/h4-11,14,19H,1-3,12-13,15-16H2,(H,24,26). The van der Waals surface area contributed by atoms with Gasteiger partial charge in [-0.15, -0.1) is 0 Å². The van der Waals surface area contributed by atoms with E-state index in [1.165, 1.54) is 19.3 Å². The predicted octanol–water partition coefficient (Wildman–Crippen LogP) is 3.71. The molecule has 1 saturated heterocycles. The molecule has 5 nitrogen and oxygen atoms in total. The van der Waals surface area contributed by atoms with Gasteiger partial charge in [0.1, 0.15) is 5.76 Å². The minimum Gasteiger partial charge on any atom is -0.468 e. The number of nitrogens with zero attached hydrogens (tertiary/aromatic N) is 2. The maximum absolute atomic E-state index is 12.6. The van der Waals surface area contributed by atoms with Gasteiger partial charge in [-0.25, -0.2) is 0 Å². The van der Waals surface area contributed by atoms with E-state index in [0.717, 1.165) is 35.3 Å². The van der Waals surface area contributed by atoms with Crippen LogP contribution in [-0.2, 0) is 11.2 Å². The average Bonchev–Trinajstić information content (AvgIpc) is 3.24. The number of rotatable bonds is 6. The first-order valence-corrected chi connectivity index (χ1v) is 9.68. The highest BCUT2D eigenvalue weighted by molar-refractivity contribution is 5.87. The van der Waals surface area contributed by atoms with Crippen LogP contribution in [0, 0.1) is 0 Å². The highest BCUT2D eigenvalue weighted by atomic mass is 16.3. The number of piperidine rings is 1. The molecule has 0 aliphatic carbocycles. The van der Waals surface area contributed by atoms with Gasteiger partial charge < -0.3 is 9.73 Å². The molecule has 0 radical (unpaired) electrons. The Labute approximate surface area is 159 Å². The van der Waals surface area contributed by atoms with E-state index >= 15 is 0 Å². The second-order valence-corrected chi connectivity index (χ2v) is 7.10. The summed E-state index contributed by atoms with van der Waals surface area (Å²) in [7, 11) is 0. The van der Waals surface area contributed by atoms with Gasteiger partial charge in [0.05, 0.1) is 24.2 Å². The Morgan fingerprint density at radius 3 is 2.78 bits per heavy atom. The van der Waals surface area contributed by atoms with Gasteiger partial charge in [0, 0.05) is 18.1 Å². The summed E-state index contributed by atoms with van der Waals surface area (Å²) in [4.78, 5) is 19.5. The van der Waals surface area contributed by atoms with Crippen LogP contribution in [0.3, 0.4) is 0 Å². The molecule has 27 heavy (non-hydrogen) atoms. The number of hydrogen-bond acceptors (Lipinski definition) is 4. The van der Waals surface area contributed by atoms with Crippen molar-refractivity contribution in [2.75, 3.05) is 19.6 Å². The molecule has 140 valence electrons. The molecule has 1 atom stereocenters. The zero-order valence-electron chi connectivity index (χ0n) is 15.4. The molecule has 1 unspecified atom stereocenters. The van der Waals surface area contributed by atoms with E-state index in [4.69, 9.17) is 4.42 Å². The fourth-order valence-corrected chi connectivity index (χ4v) is 3.88. The number of para-hydroxylation sites is 1. The van der Waals surface area contributed by atoms with E-state index in [1.807, 2.05) is 42.5 Å². The van der Waals surface area contributed by atoms with E-state index in [2.05, 4.69) is 15.2 Å². The fraction of sp³-hybridized carbons (Fsp3) is 0.364. The number of hydrogen-bond donors (Lipinski definition) is 1. The Balaban J connectivity index is 1.43. The number of nitrogens with one attached hydrogen (secondary N) is 1. The minimum atomic E-state index is 0.0155. The van der Waals surface area contributed by atoms with Crippen molar-refractivity contribution in [2.45, 2.75) is 31.7 Å². The van der Waals surface area contributed by atoms with Gasteiger partial charge in [0.25, 0.3) is 0 Å². The topological polar surface area (TPSA) is 58.4 Å². The third kappa shape index (κ3) is 4.19. The van der Waals surface area contributed by atoms with Gasteiger partial charge in [-0.1, -0.05) is 30.7 Å². The number of carbonyl (C=O) groups excluding carboxylic acids is 1. The lowest BCUT2D eigenvalue weighted by Gasteiger charge is -2.33. The zero-order valence-corrected chi connectivity index (χ0v) is 15.4. The van der Waals surface area contributed by atoms with Gasteiger partial charge in [-0.3, -0.25) is 14.7 Å². The molecular weight excluding hydrogens is 338 g/mol. The monoisotopic (exact) mass is 363 g/mol. The molecule has 4 rings (SSSR count). The van der Waals surface area contributed by atoms with E-state index in [-0.39, 0.29) is 11.9 Å². The number of carbonyl (C=O) groups is 1. The summed E-state index contributed by atoms with van der Waals surface area (Å²) in [6, 6.07) is 13.9. The molecule has 1 N–H and O–H groups in total. The normalized spacial score (nSPS) is 16.3. The lowest BCUT2D eigenvalue weighted by molar-refractivity contribution is -0.120. The summed E-state index contributed by atoms with van der Waals surface area (Å²) < 4.78 is 5.65. The summed E-state index contributed by atoms with van der Waals surface area (Å²) in [6.45, 7) is 2.66. The number of likely N-dealkylation sites (tertiary alicyclic amines) is 1. The van der Waals surface area contributed by atoms with Crippen LogP contribution in [0.5, 0.6) is 0 Å². The first kappa shape index (κ1) is 17.7. The SMILES string of the molecule is O=C(Cc1cccc2cccnc12)NCC(c1ccco1)N1CCCCC1. The van der Waals surface area contributed by atoms with Crippen LogP contribution in [-0.4, -0.2) is 35.4 Å². The zero-order chi connectivity index (χ0) is 18.5. The van der Waals surface area contributed by atoms with E-state index in [1.54, 1.807) is 12.5 Å². The number of furan rings is 1. The minimum absolute atomic E-state index is 0.0155. The van der Waals surface area contributed by atoms with Crippen LogP contribution in [0.15, 0.2) is 59.3 Å². The molecule has 5 heteroatoms.